The third-order valence-electron chi connectivity index (χ3n) is 4.91. The van der Waals surface area contributed by atoms with Gasteiger partial charge in [0.05, 0.1) is 0 Å². The molecule has 2 aliphatic rings. The van der Waals surface area contributed by atoms with Crippen molar-refractivity contribution >= 4 is 11.8 Å². The van der Waals surface area contributed by atoms with E-state index in [4.69, 9.17) is 9.47 Å². The molecule has 1 saturated heterocycles. The summed E-state index contributed by atoms with van der Waals surface area (Å²) in [7, 11) is 1.82. The first-order valence-electron chi connectivity index (χ1n) is 8.42. The summed E-state index contributed by atoms with van der Waals surface area (Å²) in [6.45, 7) is 4.70. The van der Waals surface area contributed by atoms with Crippen LogP contribution in [0.1, 0.15) is 26.7 Å². The average Bonchev–Trinajstić information content (AvgIpc) is 2.60. The summed E-state index contributed by atoms with van der Waals surface area (Å²) < 4.78 is 11.7. The number of nitrogens with zero attached hydrogens (tertiary/aromatic N) is 2. The van der Waals surface area contributed by atoms with Crippen molar-refractivity contribution in [3.63, 3.8) is 0 Å². The predicted molar refractivity (Wildman–Crippen MR) is 89.0 cm³/mol. The maximum Gasteiger partial charge on any atom is 0.267 e. The Morgan fingerprint density at radius 3 is 2.29 bits per heavy atom. The van der Waals surface area contributed by atoms with E-state index in [2.05, 4.69) is 0 Å². The van der Waals surface area contributed by atoms with Crippen molar-refractivity contribution < 1.29 is 19.1 Å². The first-order valence-corrected chi connectivity index (χ1v) is 8.42. The fourth-order valence-electron chi connectivity index (χ4n) is 3.30. The normalized spacial score (nSPS) is 23.7. The van der Waals surface area contributed by atoms with Gasteiger partial charge in [0.1, 0.15) is 6.10 Å². The van der Waals surface area contributed by atoms with Gasteiger partial charge in [0, 0.05) is 33.1 Å². The first-order chi connectivity index (χ1) is 11.5. The minimum atomic E-state index is -0.623. The van der Waals surface area contributed by atoms with Gasteiger partial charge in [0.25, 0.3) is 5.91 Å². The number of carbonyl (C=O) groups excluding carboxylic acids is 2. The molecule has 0 aliphatic carbocycles. The molecule has 0 saturated carbocycles. The van der Waals surface area contributed by atoms with E-state index in [1.165, 1.54) is 0 Å². The summed E-state index contributed by atoms with van der Waals surface area (Å²) in [4.78, 5) is 27.9. The van der Waals surface area contributed by atoms with Gasteiger partial charge in [-0.15, -0.1) is 0 Å². The van der Waals surface area contributed by atoms with Gasteiger partial charge in [0.15, 0.2) is 11.5 Å². The molecule has 1 aromatic carbocycles. The molecule has 2 heterocycles. The van der Waals surface area contributed by atoms with E-state index < -0.39 is 6.10 Å². The van der Waals surface area contributed by atoms with Crippen molar-refractivity contribution in [3.05, 3.63) is 24.3 Å². The molecule has 0 spiro atoms. The summed E-state index contributed by atoms with van der Waals surface area (Å²) >= 11 is 0. The molecule has 2 amide bonds. The molecule has 0 radical (unpaired) electrons. The number of piperidine rings is 1. The van der Waals surface area contributed by atoms with Crippen molar-refractivity contribution in [1.29, 1.82) is 0 Å². The second kappa shape index (κ2) is 6.71. The lowest BCUT2D eigenvalue weighted by Crippen LogP contribution is -2.54. The monoisotopic (exact) mass is 332 g/mol. The fraction of sp³-hybridized carbons (Fsp3) is 0.556. The summed E-state index contributed by atoms with van der Waals surface area (Å²) in [5.74, 6) is 1.31. The van der Waals surface area contributed by atoms with Crippen molar-refractivity contribution in [2.24, 2.45) is 0 Å². The number of hydrogen-bond acceptors (Lipinski definition) is 4. The van der Waals surface area contributed by atoms with Crippen LogP contribution < -0.4 is 9.47 Å². The Morgan fingerprint density at radius 2 is 1.71 bits per heavy atom. The van der Waals surface area contributed by atoms with Crippen LogP contribution in [-0.2, 0) is 9.59 Å². The number of benzene rings is 1. The Labute approximate surface area is 142 Å². The number of rotatable bonds is 2. The summed E-state index contributed by atoms with van der Waals surface area (Å²) in [5, 5.41) is 0. The summed E-state index contributed by atoms with van der Waals surface area (Å²) in [6, 6.07) is 7.61. The van der Waals surface area contributed by atoms with Gasteiger partial charge < -0.3 is 19.3 Å². The van der Waals surface area contributed by atoms with Crippen LogP contribution in [0.3, 0.4) is 0 Å². The van der Waals surface area contributed by atoms with Crippen molar-refractivity contribution in [2.75, 3.05) is 20.1 Å². The van der Waals surface area contributed by atoms with E-state index in [0.717, 1.165) is 12.8 Å². The molecule has 24 heavy (non-hydrogen) atoms. The zero-order valence-electron chi connectivity index (χ0n) is 14.4. The third-order valence-corrected chi connectivity index (χ3v) is 4.91. The molecular weight excluding hydrogens is 308 g/mol. The van der Waals surface area contributed by atoms with Crippen LogP contribution in [0.25, 0.3) is 0 Å². The SMILES string of the molecule is CC(=O)N(C)C1CCN(C(=O)C2Oc3ccccc3OC2C)CC1. The molecule has 130 valence electrons. The minimum absolute atomic E-state index is 0.0408. The quantitative estimate of drug-likeness (QED) is 0.827. The fourth-order valence-corrected chi connectivity index (χ4v) is 3.30. The van der Waals surface area contributed by atoms with E-state index in [-0.39, 0.29) is 24.0 Å². The standard InChI is InChI=1S/C18H24N2O4/c1-12-17(24-16-7-5-4-6-15(16)23-12)18(22)20-10-8-14(9-11-20)19(3)13(2)21/h4-7,12,14,17H,8-11H2,1-3H3. The minimum Gasteiger partial charge on any atom is -0.482 e. The predicted octanol–water partition coefficient (Wildman–Crippen LogP) is 1.68. The Morgan fingerprint density at radius 1 is 1.12 bits per heavy atom. The molecule has 0 aromatic heterocycles. The number of amides is 2. The highest BCUT2D eigenvalue weighted by Crippen LogP contribution is 2.34. The van der Waals surface area contributed by atoms with Crippen molar-refractivity contribution in [3.8, 4) is 11.5 Å². The van der Waals surface area contributed by atoms with E-state index in [0.29, 0.717) is 24.6 Å². The van der Waals surface area contributed by atoms with E-state index in [1.807, 2.05) is 43.1 Å². The van der Waals surface area contributed by atoms with Crippen molar-refractivity contribution in [1.82, 2.24) is 9.80 Å². The van der Waals surface area contributed by atoms with Gasteiger partial charge in [-0.2, -0.15) is 0 Å². The molecular formula is C18H24N2O4. The molecule has 3 rings (SSSR count). The number of para-hydroxylation sites is 2. The van der Waals surface area contributed by atoms with Gasteiger partial charge in [-0.05, 0) is 31.9 Å². The van der Waals surface area contributed by atoms with Gasteiger partial charge in [-0.3, -0.25) is 9.59 Å². The van der Waals surface area contributed by atoms with Gasteiger partial charge >= 0.3 is 0 Å². The van der Waals surface area contributed by atoms with Crippen LogP contribution >= 0.6 is 0 Å². The Bertz CT molecular complexity index is 625. The van der Waals surface area contributed by atoms with Gasteiger partial charge in [-0.1, -0.05) is 12.1 Å². The van der Waals surface area contributed by atoms with Crippen LogP contribution in [0.2, 0.25) is 0 Å². The smallest absolute Gasteiger partial charge is 0.267 e. The molecule has 2 atom stereocenters. The van der Waals surface area contributed by atoms with Crippen LogP contribution in [0.5, 0.6) is 11.5 Å². The maximum atomic E-state index is 12.8. The third kappa shape index (κ3) is 3.18. The van der Waals surface area contributed by atoms with E-state index >= 15 is 0 Å². The van der Waals surface area contributed by atoms with E-state index in [1.54, 1.807) is 11.8 Å². The Balaban J connectivity index is 1.63. The first kappa shape index (κ1) is 16.6. The number of fused-ring (bicyclic) bond motifs is 1. The van der Waals surface area contributed by atoms with Crippen LogP contribution in [0, 0.1) is 0 Å². The zero-order valence-corrected chi connectivity index (χ0v) is 14.4. The zero-order chi connectivity index (χ0) is 17.3. The van der Waals surface area contributed by atoms with E-state index in [9.17, 15) is 9.59 Å². The number of ether oxygens (including phenoxy) is 2. The average molecular weight is 332 g/mol. The van der Waals surface area contributed by atoms with Gasteiger partial charge in [-0.25, -0.2) is 0 Å². The lowest BCUT2D eigenvalue weighted by molar-refractivity contribution is -0.146. The molecule has 0 bridgehead atoms. The molecule has 1 aromatic rings. The highest BCUT2D eigenvalue weighted by atomic mass is 16.6. The number of carbonyl (C=O) groups is 2. The number of likely N-dealkylation sites (tertiary alicyclic amines) is 1. The molecule has 6 nitrogen and oxygen atoms in total. The van der Waals surface area contributed by atoms with Crippen LogP contribution in [0.15, 0.2) is 24.3 Å². The maximum absolute atomic E-state index is 12.8. The topological polar surface area (TPSA) is 59.1 Å². The largest absolute Gasteiger partial charge is 0.482 e. The molecule has 1 fully saturated rings. The second-order valence-corrected chi connectivity index (χ2v) is 6.49. The summed E-state index contributed by atoms with van der Waals surface area (Å²) in [5.41, 5.74) is 0. The van der Waals surface area contributed by atoms with Crippen LogP contribution in [-0.4, -0.2) is 60.0 Å². The lowest BCUT2D eigenvalue weighted by Gasteiger charge is -2.39. The van der Waals surface area contributed by atoms with Crippen molar-refractivity contribution in [2.45, 2.75) is 44.9 Å². The molecule has 2 aliphatic heterocycles. The molecule has 6 heteroatoms. The highest BCUT2D eigenvalue weighted by Gasteiger charge is 2.38. The lowest BCUT2D eigenvalue weighted by atomic mass is 10.0. The summed E-state index contributed by atoms with van der Waals surface area (Å²) in [6.07, 6.45) is 0.632. The second-order valence-electron chi connectivity index (χ2n) is 6.49. The van der Waals surface area contributed by atoms with Crippen LogP contribution in [0.4, 0.5) is 0 Å². The van der Waals surface area contributed by atoms with Gasteiger partial charge in [0.2, 0.25) is 12.0 Å². The highest BCUT2D eigenvalue weighted by molar-refractivity contribution is 5.82. The Kier molecular flexibility index (Phi) is 4.64. The molecule has 2 unspecified atom stereocenters. The number of hydrogen-bond donors (Lipinski definition) is 0. The Hall–Kier alpha value is -2.24. The molecule has 0 N–H and O–H groups in total.